The molecule has 0 unspecified atom stereocenters. The Morgan fingerprint density at radius 2 is 1.95 bits per heavy atom. The number of esters is 1. The van der Waals surface area contributed by atoms with Gasteiger partial charge in [-0.05, 0) is 38.0 Å². The number of hydrogen-bond acceptors (Lipinski definition) is 4. The first kappa shape index (κ1) is 15.1. The van der Waals surface area contributed by atoms with Crippen molar-refractivity contribution >= 4 is 5.97 Å². The van der Waals surface area contributed by atoms with Crippen molar-refractivity contribution < 1.29 is 14.3 Å². The molecule has 0 bridgehead atoms. The molecule has 1 heterocycles. The van der Waals surface area contributed by atoms with Gasteiger partial charge in [0.2, 0.25) is 0 Å². The lowest BCUT2D eigenvalue weighted by atomic mass is 10.1. The molecule has 1 aromatic heterocycles. The van der Waals surface area contributed by atoms with Gasteiger partial charge in [0.25, 0.3) is 0 Å². The Morgan fingerprint density at radius 3 is 2.62 bits per heavy atom. The van der Waals surface area contributed by atoms with Crippen molar-refractivity contribution in [1.29, 1.82) is 0 Å². The van der Waals surface area contributed by atoms with E-state index in [1.807, 2.05) is 42.8 Å². The number of ether oxygens (including phenoxy) is 2. The summed E-state index contributed by atoms with van der Waals surface area (Å²) in [5.41, 5.74) is 3.90. The summed E-state index contributed by atoms with van der Waals surface area (Å²) in [7, 11) is 3.04. The van der Waals surface area contributed by atoms with E-state index < -0.39 is 0 Å². The first-order chi connectivity index (χ1) is 10.1. The Bertz CT molecular complexity index is 647. The number of rotatable bonds is 5. The third-order valence-electron chi connectivity index (χ3n) is 3.56. The van der Waals surface area contributed by atoms with E-state index in [1.54, 1.807) is 7.11 Å². The van der Waals surface area contributed by atoms with Gasteiger partial charge in [0, 0.05) is 12.1 Å². The normalized spacial score (nSPS) is 10.5. The van der Waals surface area contributed by atoms with Crippen LogP contribution in [0.1, 0.15) is 23.4 Å². The van der Waals surface area contributed by atoms with E-state index in [-0.39, 0.29) is 5.97 Å². The maximum absolute atomic E-state index is 11.3. The lowest BCUT2D eigenvalue weighted by Crippen LogP contribution is -2.04. The summed E-state index contributed by atoms with van der Waals surface area (Å²) < 4.78 is 11.9. The molecule has 0 amide bonds. The second kappa shape index (κ2) is 6.43. The van der Waals surface area contributed by atoms with Crippen molar-refractivity contribution in [2.45, 2.75) is 26.7 Å². The van der Waals surface area contributed by atoms with Crippen LogP contribution >= 0.6 is 0 Å². The number of aromatic nitrogens is 2. The topological polar surface area (TPSA) is 53.3 Å². The first-order valence-electron chi connectivity index (χ1n) is 6.83. The van der Waals surface area contributed by atoms with Gasteiger partial charge >= 0.3 is 5.97 Å². The fraction of sp³-hybridized carbons (Fsp3) is 0.375. The molecule has 0 saturated carbocycles. The van der Waals surface area contributed by atoms with Crippen LogP contribution in [0, 0.1) is 13.8 Å². The summed E-state index contributed by atoms with van der Waals surface area (Å²) in [4.78, 5) is 11.3. The predicted octanol–water partition coefficient (Wildman–Crippen LogP) is 2.60. The fourth-order valence-electron chi connectivity index (χ4n) is 2.41. The highest BCUT2D eigenvalue weighted by molar-refractivity contribution is 5.69. The molecule has 0 radical (unpaired) electrons. The van der Waals surface area contributed by atoms with Crippen molar-refractivity contribution in [2.75, 3.05) is 14.2 Å². The van der Waals surface area contributed by atoms with E-state index in [4.69, 9.17) is 9.47 Å². The minimum atomic E-state index is -0.209. The van der Waals surface area contributed by atoms with Gasteiger partial charge in [-0.1, -0.05) is 12.1 Å². The molecular weight excluding hydrogens is 268 g/mol. The molecule has 0 aliphatic rings. The molecule has 112 valence electrons. The highest BCUT2D eigenvalue weighted by atomic mass is 16.5. The van der Waals surface area contributed by atoms with Crippen molar-refractivity contribution in [3.8, 4) is 11.4 Å². The van der Waals surface area contributed by atoms with Crippen molar-refractivity contribution in [3.63, 3.8) is 0 Å². The van der Waals surface area contributed by atoms with E-state index in [0.717, 1.165) is 28.4 Å². The SMILES string of the molecule is COC(=O)CCc1c(C)nn(-c2ccccc2OC)c1C. The van der Waals surface area contributed by atoms with Crippen LogP contribution in [0.5, 0.6) is 5.75 Å². The lowest BCUT2D eigenvalue weighted by Gasteiger charge is -2.10. The number of para-hydroxylation sites is 2. The van der Waals surface area contributed by atoms with Crippen LogP contribution in [0.25, 0.3) is 5.69 Å². The summed E-state index contributed by atoms with van der Waals surface area (Å²) in [5.74, 6) is 0.557. The molecule has 0 aliphatic heterocycles. The third kappa shape index (κ3) is 3.07. The number of nitrogens with zero attached hydrogens (tertiary/aromatic N) is 2. The molecule has 0 spiro atoms. The molecule has 0 fully saturated rings. The zero-order valence-electron chi connectivity index (χ0n) is 12.8. The number of hydrogen-bond donors (Lipinski definition) is 0. The Hall–Kier alpha value is -2.30. The Morgan fingerprint density at radius 1 is 1.24 bits per heavy atom. The molecule has 0 atom stereocenters. The molecule has 0 aliphatic carbocycles. The predicted molar refractivity (Wildman–Crippen MR) is 79.9 cm³/mol. The zero-order chi connectivity index (χ0) is 15.4. The van der Waals surface area contributed by atoms with Crippen LogP contribution < -0.4 is 4.74 Å². The molecule has 0 N–H and O–H groups in total. The van der Waals surface area contributed by atoms with Crippen LogP contribution in [0.4, 0.5) is 0 Å². The Kier molecular flexibility index (Phi) is 4.62. The number of benzene rings is 1. The third-order valence-corrected chi connectivity index (χ3v) is 3.56. The zero-order valence-corrected chi connectivity index (χ0v) is 12.8. The average Bonchev–Trinajstić information content (AvgIpc) is 2.79. The van der Waals surface area contributed by atoms with Crippen molar-refractivity contribution in [1.82, 2.24) is 9.78 Å². The van der Waals surface area contributed by atoms with Crippen LogP contribution in [-0.4, -0.2) is 30.0 Å². The fourth-order valence-corrected chi connectivity index (χ4v) is 2.41. The van der Waals surface area contributed by atoms with Gasteiger partial charge in [0.05, 0.1) is 19.9 Å². The van der Waals surface area contributed by atoms with Crippen LogP contribution in [0.3, 0.4) is 0 Å². The first-order valence-corrected chi connectivity index (χ1v) is 6.83. The standard InChI is InChI=1S/C16H20N2O3/c1-11-13(9-10-16(19)21-4)12(2)18(17-11)14-7-5-6-8-15(14)20-3/h5-8H,9-10H2,1-4H3. The number of methoxy groups -OCH3 is 2. The van der Waals surface area contributed by atoms with Gasteiger partial charge in [0.15, 0.2) is 0 Å². The van der Waals surface area contributed by atoms with Gasteiger partial charge in [-0.3, -0.25) is 4.79 Å². The summed E-state index contributed by atoms with van der Waals surface area (Å²) in [6.07, 6.45) is 0.981. The molecule has 2 rings (SSSR count). The van der Waals surface area contributed by atoms with E-state index in [1.165, 1.54) is 7.11 Å². The van der Waals surface area contributed by atoms with Crippen LogP contribution in [0.15, 0.2) is 24.3 Å². The largest absolute Gasteiger partial charge is 0.494 e. The minimum absolute atomic E-state index is 0.209. The van der Waals surface area contributed by atoms with E-state index in [2.05, 4.69) is 5.10 Å². The minimum Gasteiger partial charge on any atom is -0.494 e. The highest BCUT2D eigenvalue weighted by Crippen LogP contribution is 2.26. The molecule has 2 aromatic rings. The average molecular weight is 288 g/mol. The van der Waals surface area contributed by atoms with E-state index in [0.29, 0.717) is 12.8 Å². The van der Waals surface area contributed by atoms with Gasteiger partial charge in [-0.2, -0.15) is 5.10 Å². The number of aryl methyl sites for hydroxylation is 1. The smallest absolute Gasteiger partial charge is 0.305 e. The Balaban J connectivity index is 2.36. The van der Waals surface area contributed by atoms with Gasteiger partial charge in [-0.15, -0.1) is 0 Å². The van der Waals surface area contributed by atoms with Crippen LogP contribution in [-0.2, 0) is 16.0 Å². The highest BCUT2D eigenvalue weighted by Gasteiger charge is 2.16. The van der Waals surface area contributed by atoms with Crippen molar-refractivity contribution in [2.24, 2.45) is 0 Å². The summed E-state index contributed by atoms with van der Waals surface area (Å²) >= 11 is 0. The summed E-state index contributed by atoms with van der Waals surface area (Å²) in [6.45, 7) is 3.95. The van der Waals surface area contributed by atoms with Crippen LogP contribution in [0.2, 0.25) is 0 Å². The summed E-state index contributed by atoms with van der Waals surface area (Å²) in [5, 5.41) is 4.58. The Labute approximate surface area is 124 Å². The maximum atomic E-state index is 11.3. The second-order valence-corrected chi connectivity index (χ2v) is 4.81. The lowest BCUT2D eigenvalue weighted by molar-refractivity contribution is -0.140. The molecule has 0 saturated heterocycles. The number of carbonyl (C=O) groups excluding carboxylic acids is 1. The van der Waals surface area contributed by atoms with Gasteiger partial charge < -0.3 is 9.47 Å². The summed E-state index contributed by atoms with van der Waals surface area (Å²) in [6, 6.07) is 7.73. The van der Waals surface area contributed by atoms with E-state index in [9.17, 15) is 4.79 Å². The molecule has 1 aromatic carbocycles. The molecule has 5 nitrogen and oxygen atoms in total. The maximum Gasteiger partial charge on any atom is 0.305 e. The number of carbonyl (C=O) groups is 1. The van der Waals surface area contributed by atoms with Gasteiger partial charge in [0.1, 0.15) is 11.4 Å². The quantitative estimate of drug-likeness (QED) is 0.794. The van der Waals surface area contributed by atoms with Gasteiger partial charge in [-0.25, -0.2) is 4.68 Å². The molecule has 21 heavy (non-hydrogen) atoms. The molecule has 5 heteroatoms. The van der Waals surface area contributed by atoms with E-state index >= 15 is 0 Å². The second-order valence-electron chi connectivity index (χ2n) is 4.81. The monoisotopic (exact) mass is 288 g/mol. The molecular formula is C16H20N2O3. The van der Waals surface area contributed by atoms with Crippen molar-refractivity contribution in [3.05, 3.63) is 41.2 Å².